The molecular formula is C10H12O. The Morgan fingerprint density at radius 3 is 2.64 bits per heavy atom. The van der Waals surface area contributed by atoms with E-state index in [2.05, 4.69) is 13.5 Å². The number of fused-ring (bicyclic) bond motifs is 1. The Hall–Kier alpha value is -0.590. The molecule has 4 rings (SSSR count). The van der Waals surface area contributed by atoms with Crippen LogP contribution < -0.4 is 0 Å². The summed E-state index contributed by atoms with van der Waals surface area (Å²) >= 11 is 0. The molecule has 4 fully saturated rings. The second-order valence-electron chi connectivity index (χ2n) is 4.53. The minimum Gasteiger partial charge on any atom is -0.299 e. The largest absolute Gasteiger partial charge is 0.299 e. The SMILES string of the molecule is C=C1[C@H]2CC[C@]3(C)[C@H](C2=O)[C@H]13. The van der Waals surface area contributed by atoms with Gasteiger partial charge in [0.25, 0.3) is 0 Å². The molecule has 11 heavy (non-hydrogen) atoms. The van der Waals surface area contributed by atoms with Gasteiger partial charge in [0.2, 0.25) is 0 Å². The Bertz CT molecular complexity index is 255. The summed E-state index contributed by atoms with van der Waals surface area (Å²) < 4.78 is 0. The zero-order valence-corrected chi connectivity index (χ0v) is 6.76. The van der Waals surface area contributed by atoms with Gasteiger partial charge in [0.05, 0.1) is 0 Å². The second kappa shape index (κ2) is 1.33. The fourth-order valence-corrected chi connectivity index (χ4v) is 3.40. The van der Waals surface area contributed by atoms with Crippen molar-refractivity contribution in [1.82, 2.24) is 0 Å². The predicted molar refractivity (Wildman–Crippen MR) is 42.0 cm³/mol. The highest BCUT2D eigenvalue weighted by Crippen LogP contribution is 2.74. The van der Waals surface area contributed by atoms with Crippen molar-refractivity contribution in [1.29, 1.82) is 0 Å². The molecule has 58 valence electrons. The van der Waals surface area contributed by atoms with Crippen LogP contribution in [0.15, 0.2) is 12.2 Å². The molecule has 1 nitrogen and oxygen atoms in total. The molecule has 0 radical (unpaired) electrons. The van der Waals surface area contributed by atoms with Gasteiger partial charge in [-0.25, -0.2) is 0 Å². The molecule has 4 aliphatic rings. The first-order valence-electron chi connectivity index (χ1n) is 4.38. The van der Waals surface area contributed by atoms with Crippen molar-refractivity contribution in [3.05, 3.63) is 12.2 Å². The van der Waals surface area contributed by atoms with Gasteiger partial charge in [-0.2, -0.15) is 0 Å². The Labute approximate surface area is 66.5 Å². The molecule has 4 atom stereocenters. The van der Waals surface area contributed by atoms with E-state index in [9.17, 15) is 4.79 Å². The molecule has 4 saturated carbocycles. The molecule has 0 heterocycles. The number of allylic oxidation sites excluding steroid dienone is 1. The van der Waals surface area contributed by atoms with Crippen LogP contribution in [-0.4, -0.2) is 5.78 Å². The Kier molecular flexibility index (Phi) is 0.721. The first-order chi connectivity index (χ1) is 5.16. The number of hydrogen-bond donors (Lipinski definition) is 0. The minimum absolute atomic E-state index is 0.270. The van der Waals surface area contributed by atoms with Crippen LogP contribution in [-0.2, 0) is 4.79 Å². The summed E-state index contributed by atoms with van der Waals surface area (Å²) in [5.74, 6) is 1.77. The van der Waals surface area contributed by atoms with Gasteiger partial charge in [-0.1, -0.05) is 19.1 Å². The highest BCUT2D eigenvalue weighted by molar-refractivity contribution is 5.96. The average Bonchev–Trinajstić information content (AvgIpc) is 2.49. The normalized spacial score (nSPS) is 58.5. The predicted octanol–water partition coefficient (Wildman–Crippen LogP) is 1.79. The van der Waals surface area contributed by atoms with E-state index in [0.717, 1.165) is 6.42 Å². The maximum atomic E-state index is 11.6. The lowest BCUT2D eigenvalue weighted by Crippen LogP contribution is -2.27. The molecule has 4 bridgehead atoms. The number of carbonyl (C=O) groups excluding carboxylic acids is 1. The molecule has 0 spiro atoms. The van der Waals surface area contributed by atoms with Gasteiger partial charge in [-0.05, 0) is 24.2 Å². The van der Waals surface area contributed by atoms with Crippen LogP contribution in [0, 0.1) is 23.2 Å². The van der Waals surface area contributed by atoms with Crippen LogP contribution in [0.2, 0.25) is 0 Å². The lowest BCUT2D eigenvalue weighted by Gasteiger charge is -2.28. The number of carbonyl (C=O) groups is 1. The number of rotatable bonds is 0. The van der Waals surface area contributed by atoms with Gasteiger partial charge in [-0.3, -0.25) is 4.79 Å². The maximum Gasteiger partial charge on any atom is 0.144 e. The standard InChI is InChI=1S/C10H12O/c1-5-6-3-4-10(2)7(5)8(10)9(6)11/h6-8H,1,3-4H2,2H3/t6-,7+,8+,10+/m1/s1. The van der Waals surface area contributed by atoms with E-state index >= 15 is 0 Å². The van der Waals surface area contributed by atoms with Gasteiger partial charge in [0.1, 0.15) is 5.78 Å². The average molecular weight is 148 g/mol. The van der Waals surface area contributed by atoms with E-state index in [1.165, 1.54) is 12.0 Å². The van der Waals surface area contributed by atoms with E-state index < -0.39 is 0 Å². The molecule has 0 aromatic carbocycles. The van der Waals surface area contributed by atoms with E-state index in [4.69, 9.17) is 0 Å². The van der Waals surface area contributed by atoms with Crippen LogP contribution in [0.4, 0.5) is 0 Å². The first-order valence-corrected chi connectivity index (χ1v) is 4.38. The molecule has 1 heteroatoms. The molecular weight excluding hydrogens is 136 g/mol. The zero-order valence-electron chi connectivity index (χ0n) is 6.76. The second-order valence-corrected chi connectivity index (χ2v) is 4.53. The molecule has 4 aliphatic carbocycles. The summed E-state index contributed by atoms with van der Waals surface area (Å²) in [5, 5.41) is 0. The van der Waals surface area contributed by atoms with E-state index in [1.54, 1.807) is 0 Å². The summed E-state index contributed by atoms with van der Waals surface area (Å²) in [5.41, 5.74) is 1.62. The summed E-state index contributed by atoms with van der Waals surface area (Å²) in [4.78, 5) is 11.6. The van der Waals surface area contributed by atoms with E-state index in [0.29, 0.717) is 23.0 Å². The zero-order chi connectivity index (χ0) is 7.80. The van der Waals surface area contributed by atoms with Crippen molar-refractivity contribution in [2.24, 2.45) is 23.2 Å². The number of ketones is 1. The Balaban J connectivity index is 2.15. The van der Waals surface area contributed by atoms with Gasteiger partial charge in [-0.15, -0.1) is 0 Å². The Morgan fingerprint density at radius 2 is 2.27 bits per heavy atom. The summed E-state index contributed by atoms with van der Waals surface area (Å²) in [6.07, 6.45) is 2.35. The van der Waals surface area contributed by atoms with Crippen LogP contribution in [0.5, 0.6) is 0 Å². The minimum atomic E-state index is 0.270. The fraction of sp³-hybridized carbons (Fsp3) is 0.700. The van der Waals surface area contributed by atoms with Crippen LogP contribution in [0.3, 0.4) is 0 Å². The lowest BCUT2D eigenvalue weighted by atomic mass is 9.75. The summed E-state index contributed by atoms with van der Waals surface area (Å²) in [6, 6.07) is 0. The topological polar surface area (TPSA) is 17.1 Å². The van der Waals surface area contributed by atoms with Crippen molar-refractivity contribution in [2.75, 3.05) is 0 Å². The van der Waals surface area contributed by atoms with E-state index in [1.807, 2.05) is 0 Å². The van der Waals surface area contributed by atoms with Gasteiger partial charge in [0.15, 0.2) is 0 Å². The van der Waals surface area contributed by atoms with Gasteiger partial charge >= 0.3 is 0 Å². The third-order valence-electron chi connectivity index (χ3n) is 4.11. The fourth-order valence-electron chi connectivity index (χ4n) is 3.40. The van der Waals surface area contributed by atoms with Crippen molar-refractivity contribution in [2.45, 2.75) is 19.8 Å². The Morgan fingerprint density at radius 1 is 1.55 bits per heavy atom. The van der Waals surface area contributed by atoms with Gasteiger partial charge in [0, 0.05) is 11.8 Å². The highest BCUT2D eigenvalue weighted by Gasteiger charge is 2.74. The van der Waals surface area contributed by atoms with Crippen molar-refractivity contribution < 1.29 is 4.79 Å². The number of hydrogen-bond acceptors (Lipinski definition) is 1. The molecule has 0 aromatic heterocycles. The molecule has 0 aromatic rings. The smallest absolute Gasteiger partial charge is 0.144 e. The quantitative estimate of drug-likeness (QED) is 0.479. The van der Waals surface area contributed by atoms with E-state index in [-0.39, 0.29) is 5.92 Å². The number of Topliss-reactive ketones (excluding diaryl/α,β-unsaturated/α-hetero) is 1. The molecule has 0 saturated heterocycles. The molecule has 0 aliphatic heterocycles. The summed E-state index contributed by atoms with van der Waals surface area (Å²) in [7, 11) is 0. The molecule has 0 N–H and O–H groups in total. The maximum absolute atomic E-state index is 11.6. The lowest BCUT2D eigenvalue weighted by molar-refractivity contribution is -0.124. The van der Waals surface area contributed by atoms with Crippen LogP contribution >= 0.6 is 0 Å². The highest BCUT2D eigenvalue weighted by atomic mass is 16.1. The first kappa shape index (κ1) is 5.99. The molecule has 0 unspecified atom stereocenters. The van der Waals surface area contributed by atoms with Gasteiger partial charge < -0.3 is 0 Å². The van der Waals surface area contributed by atoms with Crippen molar-refractivity contribution in [3.63, 3.8) is 0 Å². The summed E-state index contributed by atoms with van der Waals surface area (Å²) in [6.45, 7) is 6.29. The third kappa shape index (κ3) is 0.412. The molecule has 0 amide bonds. The van der Waals surface area contributed by atoms with Crippen molar-refractivity contribution in [3.8, 4) is 0 Å². The van der Waals surface area contributed by atoms with Crippen molar-refractivity contribution >= 4 is 5.78 Å². The van der Waals surface area contributed by atoms with Crippen LogP contribution in [0.1, 0.15) is 19.8 Å². The van der Waals surface area contributed by atoms with Crippen LogP contribution in [0.25, 0.3) is 0 Å². The monoisotopic (exact) mass is 148 g/mol. The third-order valence-corrected chi connectivity index (χ3v) is 4.11.